The highest BCUT2D eigenvalue weighted by molar-refractivity contribution is 7.11. The molecule has 1 aliphatic rings. The van der Waals surface area contributed by atoms with Gasteiger partial charge in [-0.3, -0.25) is 0 Å². The first-order valence-electron chi connectivity index (χ1n) is 7.89. The van der Waals surface area contributed by atoms with E-state index < -0.39 is 0 Å². The molecule has 0 aromatic carbocycles. The fourth-order valence-corrected chi connectivity index (χ4v) is 4.11. The maximum absolute atomic E-state index is 4.93. The molecule has 0 saturated heterocycles. The third-order valence-electron chi connectivity index (χ3n) is 3.92. The summed E-state index contributed by atoms with van der Waals surface area (Å²) in [5.74, 6) is 1.47. The van der Waals surface area contributed by atoms with Crippen LogP contribution in [0.2, 0.25) is 0 Å². The van der Waals surface area contributed by atoms with E-state index in [1.807, 2.05) is 11.3 Å². The standard InChI is InChI=1S/C16H28N2S/c1-4-14-15(11-17-10-12(2)3)19-16(18-14)13-8-6-5-7-9-13/h12-13,17H,4-11H2,1-3H3. The van der Waals surface area contributed by atoms with Crippen LogP contribution in [0.5, 0.6) is 0 Å². The Morgan fingerprint density at radius 1 is 1.26 bits per heavy atom. The molecule has 1 heterocycles. The van der Waals surface area contributed by atoms with E-state index in [0.717, 1.165) is 31.3 Å². The molecule has 3 heteroatoms. The number of hydrogen-bond donors (Lipinski definition) is 1. The molecule has 1 N–H and O–H groups in total. The van der Waals surface area contributed by atoms with E-state index in [-0.39, 0.29) is 0 Å². The van der Waals surface area contributed by atoms with Gasteiger partial charge in [-0.2, -0.15) is 0 Å². The van der Waals surface area contributed by atoms with Crippen molar-refractivity contribution in [3.63, 3.8) is 0 Å². The van der Waals surface area contributed by atoms with Crippen molar-refractivity contribution in [1.82, 2.24) is 10.3 Å². The summed E-state index contributed by atoms with van der Waals surface area (Å²) < 4.78 is 0. The van der Waals surface area contributed by atoms with Gasteiger partial charge >= 0.3 is 0 Å². The Kier molecular flexibility index (Phi) is 5.83. The Morgan fingerprint density at radius 2 is 2.00 bits per heavy atom. The molecule has 0 unspecified atom stereocenters. The van der Waals surface area contributed by atoms with Gasteiger partial charge in [0.2, 0.25) is 0 Å². The Balaban J connectivity index is 1.99. The first-order chi connectivity index (χ1) is 9.20. The molecule has 1 saturated carbocycles. The molecule has 1 aromatic rings. The Bertz CT molecular complexity index is 378. The second-order valence-electron chi connectivity index (χ2n) is 6.14. The van der Waals surface area contributed by atoms with Crippen LogP contribution in [-0.2, 0) is 13.0 Å². The van der Waals surface area contributed by atoms with Crippen molar-refractivity contribution in [3.8, 4) is 0 Å². The van der Waals surface area contributed by atoms with Gasteiger partial charge in [0, 0.05) is 17.3 Å². The number of aryl methyl sites for hydroxylation is 1. The topological polar surface area (TPSA) is 24.9 Å². The molecule has 0 aliphatic heterocycles. The maximum atomic E-state index is 4.93. The minimum absolute atomic E-state index is 0.718. The smallest absolute Gasteiger partial charge is 0.0962 e. The number of thiazole rings is 1. The third-order valence-corrected chi connectivity index (χ3v) is 5.18. The maximum Gasteiger partial charge on any atom is 0.0962 e. The van der Waals surface area contributed by atoms with Crippen LogP contribution in [0.25, 0.3) is 0 Å². The highest BCUT2D eigenvalue weighted by Crippen LogP contribution is 2.36. The molecule has 2 nitrogen and oxygen atoms in total. The quantitative estimate of drug-likeness (QED) is 0.830. The highest BCUT2D eigenvalue weighted by Gasteiger charge is 2.20. The molecule has 0 radical (unpaired) electrons. The summed E-state index contributed by atoms with van der Waals surface area (Å²) in [6.45, 7) is 8.85. The SMILES string of the molecule is CCc1nc(C2CCCCC2)sc1CNCC(C)C. The zero-order valence-corrected chi connectivity index (χ0v) is 13.5. The van der Waals surface area contributed by atoms with E-state index in [4.69, 9.17) is 4.98 Å². The summed E-state index contributed by atoms with van der Waals surface area (Å²) in [4.78, 5) is 6.40. The monoisotopic (exact) mass is 280 g/mol. The van der Waals surface area contributed by atoms with Gasteiger partial charge in [0.05, 0.1) is 10.7 Å². The predicted molar refractivity (Wildman–Crippen MR) is 83.9 cm³/mol. The Morgan fingerprint density at radius 3 is 2.63 bits per heavy atom. The van der Waals surface area contributed by atoms with Gasteiger partial charge in [0.1, 0.15) is 0 Å². The molecule has 19 heavy (non-hydrogen) atoms. The number of rotatable bonds is 6. The Labute approximate surface area is 122 Å². The van der Waals surface area contributed by atoms with Crippen molar-refractivity contribution in [2.45, 2.75) is 71.8 Å². The van der Waals surface area contributed by atoms with Gasteiger partial charge in [-0.25, -0.2) is 4.98 Å². The molecule has 0 bridgehead atoms. The van der Waals surface area contributed by atoms with Crippen LogP contribution in [0.1, 0.15) is 74.4 Å². The van der Waals surface area contributed by atoms with Crippen LogP contribution in [0.15, 0.2) is 0 Å². The minimum Gasteiger partial charge on any atom is -0.312 e. The van der Waals surface area contributed by atoms with E-state index in [1.165, 1.54) is 47.7 Å². The summed E-state index contributed by atoms with van der Waals surface area (Å²) in [7, 11) is 0. The van der Waals surface area contributed by atoms with Crippen LogP contribution >= 0.6 is 11.3 Å². The van der Waals surface area contributed by atoms with Gasteiger partial charge in [-0.1, -0.05) is 40.0 Å². The van der Waals surface area contributed by atoms with Crippen LogP contribution in [0.3, 0.4) is 0 Å². The zero-order chi connectivity index (χ0) is 13.7. The molecule has 1 fully saturated rings. The lowest BCUT2D eigenvalue weighted by Gasteiger charge is -2.18. The lowest BCUT2D eigenvalue weighted by atomic mass is 9.90. The molecule has 0 spiro atoms. The van der Waals surface area contributed by atoms with Gasteiger partial charge in [0.25, 0.3) is 0 Å². The van der Waals surface area contributed by atoms with Crippen LogP contribution in [-0.4, -0.2) is 11.5 Å². The largest absolute Gasteiger partial charge is 0.312 e. The average Bonchev–Trinajstić information content (AvgIpc) is 2.83. The van der Waals surface area contributed by atoms with Crippen LogP contribution < -0.4 is 5.32 Å². The highest BCUT2D eigenvalue weighted by atomic mass is 32.1. The van der Waals surface area contributed by atoms with Crippen molar-refractivity contribution in [1.29, 1.82) is 0 Å². The molecule has 0 amide bonds. The fraction of sp³-hybridized carbons (Fsp3) is 0.812. The number of nitrogens with zero attached hydrogens (tertiary/aromatic N) is 1. The normalized spacial score (nSPS) is 17.3. The summed E-state index contributed by atoms with van der Waals surface area (Å²) >= 11 is 1.97. The van der Waals surface area contributed by atoms with E-state index in [1.54, 1.807) is 0 Å². The molecule has 2 rings (SSSR count). The predicted octanol–water partition coefficient (Wildman–Crippen LogP) is 4.50. The summed E-state index contributed by atoms with van der Waals surface area (Å²) in [6.07, 6.45) is 8.00. The van der Waals surface area contributed by atoms with Crippen LogP contribution in [0, 0.1) is 5.92 Å². The zero-order valence-electron chi connectivity index (χ0n) is 12.7. The van der Waals surface area contributed by atoms with Gasteiger partial charge in [0.15, 0.2) is 0 Å². The molecule has 0 atom stereocenters. The van der Waals surface area contributed by atoms with Crippen molar-refractivity contribution >= 4 is 11.3 Å². The van der Waals surface area contributed by atoms with Crippen LogP contribution in [0.4, 0.5) is 0 Å². The lowest BCUT2D eigenvalue weighted by Crippen LogP contribution is -2.18. The van der Waals surface area contributed by atoms with Crippen molar-refractivity contribution < 1.29 is 0 Å². The van der Waals surface area contributed by atoms with Crippen molar-refractivity contribution in [3.05, 3.63) is 15.6 Å². The number of nitrogens with one attached hydrogen (secondary N) is 1. The van der Waals surface area contributed by atoms with E-state index >= 15 is 0 Å². The number of aromatic nitrogens is 1. The van der Waals surface area contributed by atoms with E-state index in [2.05, 4.69) is 26.1 Å². The minimum atomic E-state index is 0.718. The summed E-state index contributed by atoms with van der Waals surface area (Å²) in [5, 5.41) is 4.98. The second-order valence-corrected chi connectivity index (χ2v) is 7.25. The molecular weight excluding hydrogens is 252 g/mol. The average molecular weight is 280 g/mol. The molecule has 1 aromatic heterocycles. The summed E-state index contributed by atoms with van der Waals surface area (Å²) in [5.41, 5.74) is 1.34. The first kappa shape index (κ1) is 15.0. The number of hydrogen-bond acceptors (Lipinski definition) is 3. The van der Waals surface area contributed by atoms with Gasteiger partial charge in [-0.05, 0) is 31.7 Å². The third kappa shape index (κ3) is 4.28. The molecular formula is C16H28N2S. The fourth-order valence-electron chi connectivity index (χ4n) is 2.82. The van der Waals surface area contributed by atoms with E-state index in [9.17, 15) is 0 Å². The summed E-state index contributed by atoms with van der Waals surface area (Å²) in [6, 6.07) is 0. The lowest BCUT2D eigenvalue weighted by molar-refractivity contribution is 0.442. The van der Waals surface area contributed by atoms with Crippen molar-refractivity contribution in [2.75, 3.05) is 6.54 Å². The van der Waals surface area contributed by atoms with Crippen molar-refractivity contribution in [2.24, 2.45) is 5.92 Å². The van der Waals surface area contributed by atoms with Gasteiger partial charge in [-0.15, -0.1) is 11.3 Å². The van der Waals surface area contributed by atoms with Gasteiger partial charge < -0.3 is 5.32 Å². The second kappa shape index (κ2) is 7.39. The molecule has 1 aliphatic carbocycles. The van der Waals surface area contributed by atoms with E-state index in [0.29, 0.717) is 0 Å². The molecule has 108 valence electrons. The Hall–Kier alpha value is -0.410. The first-order valence-corrected chi connectivity index (χ1v) is 8.71.